The Morgan fingerprint density at radius 3 is 2.60 bits per heavy atom. The maximum absolute atomic E-state index is 4.15. The van der Waals surface area contributed by atoms with Crippen LogP contribution in [0.15, 0.2) is 17.3 Å². The molecule has 0 N–H and O–H groups in total. The van der Waals surface area contributed by atoms with Crippen LogP contribution in [0.5, 0.6) is 0 Å². The van der Waals surface area contributed by atoms with Gasteiger partial charge in [-0.25, -0.2) is 0 Å². The third kappa shape index (κ3) is 1.38. The van der Waals surface area contributed by atoms with Gasteiger partial charge < -0.3 is 0 Å². The van der Waals surface area contributed by atoms with Crippen molar-refractivity contribution in [3.8, 4) is 0 Å². The molecule has 0 aromatic heterocycles. The second-order valence-corrected chi connectivity index (χ2v) is 2.96. The highest BCUT2D eigenvalue weighted by Gasteiger charge is 2.14. The first kappa shape index (κ1) is 7.32. The fraction of sp³-hybridized carbons (Fsp3) is 0.625. The maximum Gasteiger partial charge on any atom is 0.0673 e. The minimum atomic E-state index is 0.477. The van der Waals surface area contributed by atoms with E-state index in [1.54, 1.807) is 0 Å². The fourth-order valence-electron chi connectivity index (χ4n) is 1.16. The van der Waals surface area contributed by atoms with E-state index >= 15 is 0 Å². The van der Waals surface area contributed by atoms with Crippen LogP contribution >= 0.6 is 0 Å². The molecule has 0 aromatic rings. The summed E-state index contributed by atoms with van der Waals surface area (Å²) in [5.74, 6) is 0.638. The standard InChI is InChI=1S/C8H14N2/c1-7(2)8-5-4-6-9-10(8)3/h4-8H,1-3H3. The molecule has 0 fully saturated rings. The monoisotopic (exact) mass is 138 g/mol. The Hall–Kier alpha value is -0.790. The molecular formula is C8H14N2. The molecule has 0 aliphatic carbocycles. The van der Waals surface area contributed by atoms with E-state index in [2.05, 4.69) is 25.0 Å². The normalized spacial score (nSPS) is 24.4. The lowest BCUT2D eigenvalue weighted by Crippen LogP contribution is -2.31. The summed E-state index contributed by atoms with van der Waals surface area (Å²) >= 11 is 0. The second kappa shape index (κ2) is 2.86. The minimum absolute atomic E-state index is 0.477. The van der Waals surface area contributed by atoms with E-state index in [0.717, 1.165) is 0 Å². The van der Waals surface area contributed by atoms with Gasteiger partial charge in [0.2, 0.25) is 0 Å². The lowest BCUT2D eigenvalue weighted by Gasteiger charge is -2.27. The minimum Gasteiger partial charge on any atom is -0.293 e. The number of allylic oxidation sites excluding steroid dienone is 1. The summed E-state index contributed by atoms with van der Waals surface area (Å²) in [6.07, 6.45) is 6.00. The molecule has 1 aliphatic heterocycles. The summed E-state index contributed by atoms with van der Waals surface area (Å²) in [5.41, 5.74) is 0. The summed E-state index contributed by atoms with van der Waals surface area (Å²) < 4.78 is 0. The van der Waals surface area contributed by atoms with Crippen LogP contribution in [0.3, 0.4) is 0 Å². The van der Waals surface area contributed by atoms with Crippen molar-refractivity contribution in [3.05, 3.63) is 12.2 Å². The van der Waals surface area contributed by atoms with Gasteiger partial charge in [-0.1, -0.05) is 19.9 Å². The molecule has 1 unspecified atom stereocenters. The predicted octanol–water partition coefficient (Wildman–Crippen LogP) is 1.50. The van der Waals surface area contributed by atoms with Crippen LogP contribution in [0.2, 0.25) is 0 Å². The summed E-state index contributed by atoms with van der Waals surface area (Å²) in [6, 6.07) is 0.477. The van der Waals surface area contributed by atoms with Crippen molar-refractivity contribution in [2.75, 3.05) is 7.05 Å². The first-order chi connectivity index (χ1) is 4.72. The van der Waals surface area contributed by atoms with Crippen molar-refractivity contribution in [3.63, 3.8) is 0 Å². The van der Waals surface area contributed by atoms with Gasteiger partial charge in [-0.2, -0.15) is 5.10 Å². The molecule has 1 heterocycles. The van der Waals surface area contributed by atoms with E-state index in [9.17, 15) is 0 Å². The van der Waals surface area contributed by atoms with E-state index in [1.165, 1.54) is 0 Å². The quantitative estimate of drug-likeness (QED) is 0.536. The number of hydrazone groups is 1. The van der Waals surface area contributed by atoms with Gasteiger partial charge in [-0.05, 0) is 12.0 Å². The zero-order chi connectivity index (χ0) is 7.56. The molecule has 56 valence electrons. The van der Waals surface area contributed by atoms with Gasteiger partial charge in [0.15, 0.2) is 0 Å². The van der Waals surface area contributed by atoms with Crippen LogP contribution in [0.25, 0.3) is 0 Å². The van der Waals surface area contributed by atoms with Crippen molar-refractivity contribution >= 4 is 6.21 Å². The van der Waals surface area contributed by atoms with Crippen LogP contribution in [0.1, 0.15) is 13.8 Å². The molecule has 2 heteroatoms. The Labute approximate surface area is 62.2 Å². The van der Waals surface area contributed by atoms with E-state index < -0.39 is 0 Å². The number of nitrogens with zero attached hydrogens (tertiary/aromatic N) is 2. The molecule has 1 atom stereocenters. The Morgan fingerprint density at radius 1 is 1.50 bits per heavy atom. The molecule has 0 bridgehead atoms. The topological polar surface area (TPSA) is 15.6 Å². The SMILES string of the molecule is CC(C)C1C=CC=NN1C. The zero-order valence-corrected chi connectivity index (χ0v) is 6.78. The Balaban J connectivity index is 2.61. The first-order valence-corrected chi connectivity index (χ1v) is 3.65. The van der Waals surface area contributed by atoms with Crippen LogP contribution in [0.4, 0.5) is 0 Å². The molecule has 0 amide bonds. The van der Waals surface area contributed by atoms with Gasteiger partial charge in [0.25, 0.3) is 0 Å². The molecule has 0 saturated heterocycles. The fourth-order valence-corrected chi connectivity index (χ4v) is 1.16. The van der Waals surface area contributed by atoms with Crippen molar-refractivity contribution in [1.29, 1.82) is 0 Å². The smallest absolute Gasteiger partial charge is 0.0673 e. The molecule has 0 spiro atoms. The van der Waals surface area contributed by atoms with Crippen molar-refractivity contribution in [2.45, 2.75) is 19.9 Å². The van der Waals surface area contributed by atoms with E-state index in [4.69, 9.17) is 0 Å². The number of likely N-dealkylation sites (N-methyl/N-ethyl adjacent to an activating group) is 1. The second-order valence-electron chi connectivity index (χ2n) is 2.96. The molecule has 1 aliphatic rings. The van der Waals surface area contributed by atoms with E-state index in [0.29, 0.717) is 12.0 Å². The summed E-state index contributed by atoms with van der Waals surface area (Å²) in [7, 11) is 2.00. The average molecular weight is 138 g/mol. The lowest BCUT2D eigenvalue weighted by atomic mass is 10.0. The number of hydrogen-bond acceptors (Lipinski definition) is 2. The first-order valence-electron chi connectivity index (χ1n) is 3.65. The maximum atomic E-state index is 4.15. The zero-order valence-electron chi connectivity index (χ0n) is 6.78. The largest absolute Gasteiger partial charge is 0.293 e. The number of hydrogen-bond donors (Lipinski definition) is 0. The van der Waals surface area contributed by atoms with Gasteiger partial charge in [-0.15, -0.1) is 0 Å². The lowest BCUT2D eigenvalue weighted by molar-refractivity contribution is 0.241. The third-order valence-electron chi connectivity index (χ3n) is 1.76. The summed E-state index contributed by atoms with van der Waals surface area (Å²) in [5, 5.41) is 6.14. The highest BCUT2D eigenvalue weighted by molar-refractivity contribution is 5.71. The molecular weight excluding hydrogens is 124 g/mol. The molecule has 0 saturated carbocycles. The van der Waals surface area contributed by atoms with Gasteiger partial charge in [-0.3, -0.25) is 5.01 Å². The summed E-state index contributed by atoms with van der Waals surface area (Å²) in [4.78, 5) is 0. The van der Waals surface area contributed by atoms with Crippen molar-refractivity contribution < 1.29 is 0 Å². The summed E-state index contributed by atoms with van der Waals surface area (Å²) in [6.45, 7) is 4.40. The third-order valence-corrected chi connectivity index (χ3v) is 1.76. The van der Waals surface area contributed by atoms with Crippen LogP contribution in [-0.2, 0) is 0 Å². The molecule has 1 rings (SSSR count). The molecule has 0 radical (unpaired) electrons. The van der Waals surface area contributed by atoms with Crippen LogP contribution < -0.4 is 0 Å². The van der Waals surface area contributed by atoms with Crippen molar-refractivity contribution in [2.24, 2.45) is 11.0 Å². The van der Waals surface area contributed by atoms with Gasteiger partial charge in [0, 0.05) is 13.3 Å². The van der Waals surface area contributed by atoms with E-state index in [-0.39, 0.29) is 0 Å². The van der Waals surface area contributed by atoms with Gasteiger partial charge in [0.1, 0.15) is 0 Å². The van der Waals surface area contributed by atoms with Crippen LogP contribution in [0, 0.1) is 5.92 Å². The molecule has 10 heavy (non-hydrogen) atoms. The Bertz CT molecular complexity index is 159. The molecule has 2 nitrogen and oxygen atoms in total. The average Bonchev–Trinajstić information content (AvgIpc) is 1.88. The van der Waals surface area contributed by atoms with E-state index in [1.807, 2.05) is 24.3 Å². The highest BCUT2D eigenvalue weighted by Crippen LogP contribution is 2.12. The number of rotatable bonds is 1. The van der Waals surface area contributed by atoms with Gasteiger partial charge >= 0.3 is 0 Å². The predicted molar refractivity (Wildman–Crippen MR) is 44.0 cm³/mol. The highest BCUT2D eigenvalue weighted by atomic mass is 15.4. The van der Waals surface area contributed by atoms with Gasteiger partial charge in [0.05, 0.1) is 6.04 Å². The van der Waals surface area contributed by atoms with Crippen molar-refractivity contribution in [1.82, 2.24) is 5.01 Å². The Kier molecular flexibility index (Phi) is 2.10. The Morgan fingerprint density at radius 2 is 2.20 bits per heavy atom. The van der Waals surface area contributed by atoms with Crippen LogP contribution in [-0.4, -0.2) is 24.3 Å². The molecule has 0 aromatic carbocycles.